The van der Waals surface area contributed by atoms with E-state index in [-0.39, 0.29) is 27.4 Å². The number of halogens is 3. The van der Waals surface area contributed by atoms with Gasteiger partial charge < -0.3 is 15.4 Å². The monoisotopic (exact) mass is 328 g/mol. The zero-order valence-corrected chi connectivity index (χ0v) is 12.3. The Morgan fingerprint density at radius 2 is 2.00 bits per heavy atom. The molecule has 0 aliphatic heterocycles. The molecule has 0 bridgehead atoms. The minimum atomic E-state index is -2.97. The van der Waals surface area contributed by atoms with E-state index in [4.69, 9.17) is 50.8 Å². The van der Waals surface area contributed by atoms with Crippen molar-refractivity contribution in [1.82, 2.24) is 4.90 Å². The van der Waals surface area contributed by atoms with Crippen LogP contribution in [-0.4, -0.2) is 30.5 Å². The molecule has 1 aromatic carbocycles. The molecule has 0 fully saturated rings. The molecular weight excluding hydrogens is 311 g/mol. The lowest BCUT2D eigenvalue weighted by Gasteiger charge is -2.20. The Kier molecular flexibility index (Phi) is 4.40. The van der Waals surface area contributed by atoms with Gasteiger partial charge in [-0.3, -0.25) is 0 Å². The highest BCUT2D eigenvalue weighted by Gasteiger charge is 2.11. The summed E-state index contributed by atoms with van der Waals surface area (Å²) in [5.74, 6) is -0.285. The van der Waals surface area contributed by atoms with E-state index in [0.29, 0.717) is 11.3 Å². The average Bonchev–Trinajstić information content (AvgIpc) is 2.39. The summed E-state index contributed by atoms with van der Waals surface area (Å²) < 4.78 is 36.7. The van der Waals surface area contributed by atoms with E-state index in [9.17, 15) is 4.79 Å². The van der Waals surface area contributed by atoms with Crippen LogP contribution < -0.4 is 10.5 Å². The van der Waals surface area contributed by atoms with Gasteiger partial charge in [0, 0.05) is 11.6 Å². The highest BCUT2D eigenvalue weighted by atomic mass is 35.5. The van der Waals surface area contributed by atoms with Crippen molar-refractivity contribution in [3.05, 3.63) is 27.2 Å². The predicted molar refractivity (Wildman–Crippen MR) is 78.4 cm³/mol. The molecule has 7 heteroatoms. The van der Waals surface area contributed by atoms with Crippen molar-refractivity contribution in [3.8, 4) is 5.75 Å². The molecule has 0 unspecified atom stereocenters. The molecule has 1 rings (SSSR count). The Morgan fingerprint density at radius 3 is 2.47 bits per heavy atom. The number of rotatable bonds is 6. The highest BCUT2D eigenvalue weighted by molar-refractivity contribution is 6.40. The second-order valence-corrected chi connectivity index (χ2v) is 4.76. The van der Waals surface area contributed by atoms with Crippen LogP contribution in [0.5, 0.6) is 5.75 Å². The lowest BCUT2D eigenvalue weighted by molar-refractivity contribution is 0.191. The number of carbonyl (C=O) groups excluding carboxylic acids is 1. The molecule has 0 aliphatic rings. The van der Waals surface area contributed by atoms with Gasteiger partial charge in [-0.05, 0) is 18.6 Å². The number of primary amides is 1. The Hall–Kier alpha value is -0.840. The number of hydrogen-bond acceptors (Lipinski definition) is 2. The van der Waals surface area contributed by atoms with E-state index in [1.165, 1.54) is 12.1 Å². The summed E-state index contributed by atoms with van der Waals surface area (Å²) in [6, 6.07) is 1.43. The maximum Gasteiger partial charge on any atom is 0.314 e. The van der Waals surface area contributed by atoms with Crippen molar-refractivity contribution in [3.63, 3.8) is 0 Å². The molecule has 0 heterocycles. The van der Waals surface area contributed by atoms with Crippen LogP contribution in [0.2, 0.25) is 15.1 Å². The van der Waals surface area contributed by atoms with Gasteiger partial charge in [0.15, 0.2) is 5.75 Å². The molecule has 19 heavy (non-hydrogen) atoms. The van der Waals surface area contributed by atoms with Gasteiger partial charge in [0.2, 0.25) is 0 Å². The van der Waals surface area contributed by atoms with E-state index >= 15 is 0 Å². The van der Waals surface area contributed by atoms with Crippen LogP contribution in [0.25, 0.3) is 0 Å². The molecule has 106 valence electrons. The Bertz CT molecular complexity index is 579. The van der Waals surface area contributed by atoms with Crippen LogP contribution in [0, 0.1) is 0 Å². The van der Waals surface area contributed by atoms with Crippen molar-refractivity contribution in [1.29, 1.82) is 0 Å². The van der Waals surface area contributed by atoms with Gasteiger partial charge in [-0.2, -0.15) is 0 Å². The van der Waals surface area contributed by atoms with E-state index in [0.717, 1.165) is 0 Å². The van der Waals surface area contributed by atoms with Crippen LogP contribution in [0.1, 0.15) is 18.8 Å². The lowest BCUT2D eigenvalue weighted by atomic mass is 10.3. The molecule has 0 aromatic heterocycles. The van der Waals surface area contributed by atoms with Crippen molar-refractivity contribution in [2.24, 2.45) is 5.73 Å². The molecule has 0 saturated heterocycles. The maximum atomic E-state index is 11.4. The third-order valence-electron chi connectivity index (χ3n) is 2.01. The van der Waals surface area contributed by atoms with Gasteiger partial charge in [0.25, 0.3) is 0 Å². The Labute approximate surface area is 133 Å². The summed E-state index contributed by atoms with van der Waals surface area (Å²) in [4.78, 5) is 12.0. The Balaban J connectivity index is 3.22. The second-order valence-electron chi connectivity index (χ2n) is 3.50. The smallest absolute Gasteiger partial charge is 0.314 e. The molecule has 2 N–H and O–H groups in total. The largest absolute Gasteiger partial charge is 0.489 e. The Morgan fingerprint density at radius 1 is 1.42 bits per heavy atom. The van der Waals surface area contributed by atoms with Crippen LogP contribution in [0.3, 0.4) is 0 Å². The van der Waals surface area contributed by atoms with Gasteiger partial charge in [0.05, 0.1) is 22.0 Å². The summed E-state index contributed by atoms with van der Waals surface area (Å²) in [6.07, 6.45) is 0.376. The minimum Gasteiger partial charge on any atom is -0.489 e. The lowest BCUT2D eigenvalue weighted by Crippen LogP contribution is -2.39. The zero-order chi connectivity index (χ0) is 18.0. The number of nitrogens with two attached hydrogens (primary N) is 1. The van der Waals surface area contributed by atoms with Crippen LogP contribution in [0.15, 0.2) is 12.1 Å². The first kappa shape index (κ1) is 10.9. The normalized spacial score (nSPS) is 14.9. The molecule has 2 amide bonds. The fourth-order valence-corrected chi connectivity index (χ4v) is 2.09. The number of ether oxygens (including phenoxy) is 1. The van der Waals surface area contributed by atoms with Gasteiger partial charge in [-0.1, -0.05) is 41.7 Å². The van der Waals surface area contributed by atoms with E-state index in [2.05, 4.69) is 0 Å². The van der Waals surface area contributed by atoms with Gasteiger partial charge in [-0.15, -0.1) is 0 Å². The predicted octanol–water partition coefficient (Wildman–Crippen LogP) is 3.82. The first-order valence-electron chi connectivity index (χ1n) is 7.34. The molecule has 0 atom stereocenters. The quantitative estimate of drug-likeness (QED) is 0.862. The molecule has 0 radical (unpaired) electrons. The number of amides is 2. The van der Waals surface area contributed by atoms with Crippen molar-refractivity contribution >= 4 is 40.8 Å². The first-order valence-corrected chi connectivity index (χ1v) is 6.48. The third-order valence-corrected chi connectivity index (χ3v) is 2.79. The number of carbonyl (C=O) groups is 1. The van der Waals surface area contributed by atoms with E-state index < -0.39 is 19.1 Å². The zero-order valence-electron chi connectivity index (χ0n) is 14.0. The van der Waals surface area contributed by atoms with Crippen LogP contribution in [-0.2, 0) is 0 Å². The molecular formula is C12H15Cl3N2O2. The van der Waals surface area contributed by atoms with Crippen molar-refractivity contribution < 1.29 is 15.0 Å². The summed E-state index contributed by atoms with van der Waals surface area (Å²) in [5.41, 5.74) is 5.13. The third kappa shape index (κ3) is 4.97. The van der Waals surface area contributed by atoms with Gasteiger partial charge in [0.1, 0.15) is 6.56 Å². The van der Waals surface area contributed by atoms with Crippen LogP contribution >= 0.6 is 34.8 Å². The summed E-state index contributed by atoms with van der Waals surface area (Å²) in [7, 11) is 0. The molecule has 4 nitrogen and oxygen atoms in total. The SMILES string of the molecule is [2H]C([2H])(Oc1c(Cl)cc(Cl)cc1Cl)C([2H])([2H])N(CCC)C(N)=O. The number of nitrogens with zero attached hydrogens (tertiary/aromatic N) is 1. The molecule has 1 aromatic rings. The minimum absolute atomic E-state index is 0.0900. The first-order chi connectivity index (χ1) is 10.4. The fourth-order valence-electron chi connectivity index (χ4n) is 1.20. The molecule has 0 aliphatic carbocycles. The number of urea groups is 1. The highest BCUT2D eigenvalue weighted by Crippen LogP contribution is 2.35. The van der Waals surface area contributed by atoms with E-state index in [1.54, 1.807) is 6.92 Å². The fraction of sp³-hybridized carbons (Fsp3) is 0.417. The average molecular weight is 330 g/mol. The summed E-state index contributed by atoms with van der Waals surface area (Å²) in [6.45, 7) is -4.23. The standard InChI is InChI=1S/C12H15Cl3N2O2/c1-2-3-17(12(16)18)4-5-19-11-9(14)6-8(13)7-10(11)15/h6-7H,2-5H2,1H3,(H2,16,18)/i4D2,5D2. The second kappa shape index (κ2) is 7.68. The van der Waals surface area contributed by atoms with Gasteiger partial charge in [-0.25, -0.2) is 4.79 Å². The van der Waals surface area contributed by atoms with E-state index in [1.807, 2.05) is 0 Å². The van der Waals surface area contributed by atoms with Crippen LogP contribution in [0.4, 0.5) is 4.79 Å². The molecule has 0 spiro atoms. The van der Waals surface area contributed by atoms with Crippen molar-refractivity contribution in [2.45, 2.75) is 13.3 Å². The molecule has 0 saturated carbocycles. The summed E-state index contributed by atoms with van der Waals surface area (Å²) >= 11 is 17.6. The van der Waals surface area contributed by atoms with Gasteiger partial charge >= 0.3 is 6.03 Å². The number of hydrogen-bond donors (Lipinski definition) is 1. The summed E-state index contributed by atoms with van der Waals surface area (Å²) in [5, 5.41) is 0.0206. The van der Waals surface area contributed by atoms with Crippen molar-refractivity contribution in [2.75, 3.05) is 19.6 Å². The number of benzene rings is 1. The topological polar surface area (TPSA) is 55.6 Å². The maximum absolute atomic E-state index is 11.4.